The van der Waals surface area contributed by atoms with Crippen LogP contribution in [0.15, 0.2) is 10.5 Å². The Kier molecular flexibility index (Phi) is 5.82. The minimum Gasteiger partial charge on any atom is -0.478 e. The molecular formula is C16H18N6O10S2. The third kappa shape index (κ3) is 4.33. The molecule has 16 nitrogen and oxygen atoms in total. The summed E-state index contributed by atoms with van der Waals surface area (Å²) in [5.74, 6) is -3.48. The molecule has 2 atom stereocenters. The number of amides is 3. The van der Waals surface area contributed by atoms with Gasteiger partial charge in [-0.15, -0.1) is 11.3 Å². The van der Waals surface area contributed by atoms with Crippen LogP contribution in [-0.4, -0.2) is 99.2 Å². The zero-order valence-corrected chi connectivity index (χ0v) is 18.7. The lowest BCUT2D eigenvalue weighted by Gasteiger charge is -2.45. The number of nitrogens with zero attached hydrogens (tertiary/aromatic N) is 4. The highest BCUT2D eigenvalue weighted by Gasteiger charge is 2.56. The lowest BCUT2D eigenvalue weighted by Crippen LogP contribution is -2.74. The number of aromatic nitrogens is 1. The number of hydrogen-bond donors (Lipinski definition) is 4. The van der Waals surface area contributed by atoms with Gasteiger partial charge in [-0.05, 0) is 0 Å². The summed E-state index contributed by atoms with van der Waals surface area (Å²) in [5.41, 5.74) is 3.44. The van der Waals surface area contributed by atoms with Crippen LogP contribution in [0.3, 0.4) is 0 Å². The van der Waals surface area contributed by atoms with Crippen LogP contribution in [0.5, 0.6) is 0 Å². The van der Waals surface area contributed by atoms with Crippen molar-refractivity contribution in [1.82, 2.24) is 19.5 Å². The number of carboxylic acids is 1. The highest BCUT2D eigenvalue weighted by molar-refractivity contribution is 7.84. The molecule has 0 bridgehead atoms. The monoisotopic (exact) mass is 518 g/mol. The molecular weight excluding hydrogens is 500 g/mol. The van der Waals surface area contributed by atoms with Gasteiger partial charge in [-0.3, -0.25) is 14.1 Å². The first-order valence-corrected chi connectivity index (χ1v) is 11.9. The van der Waals surface area contributed by atoms with Gasteiger partial charge >= 0.3 is 22.4 Å². The van der Waals surface area contributed by atoms with Crippen molar-refractivity contribution in [2.75, 3.05) is 25.4 Å². The van der Waals surface area contributed by atoms with E-state index < -0.39 is 57.6 Å². The topological polar surface area (TPSA) is 231 Å². The number of hydrogen-bond acceptors (Lipinski definition) is 12. The standard InChI is InChI=1S/C16H18N6O10S2/c17-14-18-7(6-33-14)9(20-32-16(1-2-16)13(25)26)11(23)19-10-8(5-21-3-4-31-15(21)27)22(12(10)24)34(28,29)30/h6,8,10H,1-5H2,(H2,17,18)(H,19,23)(H,25,26)(H,28,29,30)/b20-9-/t8-,10-/m0/s1. The number of anilines is 1. The summed E-state index contributed by atoms with van der Waals surface area (Å²) in [6, 6.07) is -2.81. The molecule has 0 aromatic carbocycles. The number of carbonyl (C=O) groups excluding carboxylic acids is 3. The average Bonchev–Trinajstić information content (AvgIpc) is 3.26. The molecule has 2 aliphatic heterocycles. The van der Waals surface area contributed by atoms with Crippen LogP contribution in [-0.2, 0) is 34.3 Å². The van der Waals surface area contributed by atoms with Crippen LogP contribution in [0.1, 0.15) is 18.5 Å². The molecule has 184 valence electrons. The van der Waals surface area contributed by atoms with E-state index in [9.17, 15) is 37.3 Å². The van der Waals surface area contributed by atoms with E-state index in [0.29, 0.717) is 0 Å². The van der Waals surface area contributed by atoms with Gasteiger partial charge in [0.15, 0.2) is 10.8 Å². The second-order valence-electron chi connectivity index (χ2n) is 7.59. The lowest BCUT2D eigenvalue weighted by molar-refractivity contribution is -0.153. The third-order valence-electron chi connectivity index (χ3n) is 5.34. The maximum Gasteiger partial charge on any atom is 0.410 e. The van der Waals surface area contributed by atoms with Gasteiger partial charge in [0.25, 0.3) is 11.8 Å². The van der Waals surface area contributed by atoms with Gasteiger partial charge in [-0.1, -0.05) is 5.16 Å². The lowest BCUT2D eigenvalue weighted by atomic mass is 9.97. The van der Waals surface area contributed by atoms with Crippen molar-refractivity contribution in [2.45, 2.75) is 30.5 Å². The molecule has 2 saturated heterocycles. The quantitative estimate of drug-likeness (QED) is 0.120. The van der Waals surface area contributed by atoms with Crippen LogP contribution < -0.4 is 11.1 Å². The second kappa shape index (κ2) is 8.37. The molecule has 3 aliphatic rings. The number of ether oxygens (including phenoxy) is 1. The largest absolute Gasteiger partial charge is 0.478 e. The van der Waals surface area contributed by atoms with Crippen LogP contribution in [0.4, 0.5) is 9.93 Å². The maximum absolute atomic E-state index is 13.0. The number of carbonyl (C=O) groups is 4. The predicted molar refractivity (Wildman–Crippen MR) is 111 cm³/mol. The van der Waals surface area contributed by atoms with Crippen molar-refractivity contribution >= 4 is 56.4 Å². The van der Waals surface area contributed by atoms with Crippen molar-refractivity contribution in [3.63, 3.8) is 0 Å². The number of β-lactam (4-membered cyclic amide) rings is 1. The van der Waals surface area contributed by atoms with E-state index in [1.54, 1.807) is 0 Å². The number of nitrogen functional groups attached to an aromatic ring is 1. The zero-order valence-electron chi connectivity index (χ0n) is 17.1. The second-order valence-corrected chi connectivity index (χ2v) is 9.77. The zero-order chi connectivity index (χ0) is 24.8. The first kappa shape index (κ1) is 23.6. The average molecular weight is 518 g/mol. The summed E-state index contributed by atoms with van der Waals surface area (Å²) >= 11 is 0.959. The fourth-order valence-corrected chi connectivity index (χ4v) is 4.78. The van der Waals surface area contributed by atoms with E-state index >= 15 is 0 Å². The molecule has 3 fully saturated rings. The number of nitrogens with one attached hydrogen (secondary N) is 1. The Hall–Kier alpha value is -3.51. The van der Waals surface area contributed by atoms with Gasteiger partial charge in [-0.2, -0.15) is 8.42 Å². The summed E-state index contributed by atoms with van der Waals surface area (Å²) in [6.45, 7) is -0.198. The molecule has 1 saturated carbocycles. The number of aliphatic carboxylic acids is 1. The fraction of sp³-hybridized carbons (Fsp3) is 0.500. The smallest absolute Gasteiger partial charge is 0.410 e. The number of nitrogens with two attached hydrogens (primary N) is 1. The molecule has 0 radical (unpaired) electrons. The van der Waals surface area contributed by atoms with Gasteiger partial charge in [0.05, 0.1) is 12.6 Å². The fourth-order valence-electron chi connectivity index (χ4n) is 3.36. The van der Waals surface area contributed by atoms with Gasteiger partial charge < -0.3 is 30.6 Å². The molecule has 0 unspecified atom stereocenters. The van der Waals surface area contributed by atoms with E-state index in [0.717, 1.165) is 16.2 Å². The van der Waals surface area contributed by atoms with Crippen LogP contribution in [0, 0.1) is 0 Å². The van der Waals surface area contributed by atoms with E-state index in [1.165, 1.54) is 5.38 Å². The molecule has 1 aromatic rings. The summed E-state index contributed by atoms with van der Waals surface area (Å²) in [6.07, 6.45) is -0.423. The van der Waals surface area contributed by atoms with E-state index in [-0.39, 0.29) is 47.7 Å². The Balaban J connectivity index is 1.57. The van der Waals surface area contributed by atoms with Gasteiger partial charge in [0.1, 0.15) is 18.3 Å². The van der Waals surface area contributed by atoms with E-state index in [2.05, 4.69) is 15.5 Å². The molecule has 18 heteroatoms. The first-order valence-electron chi connectivity index (χ1n) is 9.67. The van der Waals surface area contributed by atoms with Crippen molar-refractivity contribution in [1.29, 1.82) is 0 Å². The van der Waals surface area contributed by atoms with Crippen LogP contribution in [0.25, 0.3) is 0 Å². The van der Waals surface area contributed by atoms with Gasteiger partial charge in [0, 0.05) is 24.8 Å². The molecule has 5 N–H and O–H groups in total. The molecule has 3 amide bonds. The van der Waals surface area contributed by atoms with Crippen molar-refractivity contribution in [3.05, 3.63) is 11.1 Å². The highest BCUT2D eigenvalue weighted by Crippen LogP contribution is 2.40. The van der Waals surface area contributed by atoms with Crippen LogP contribution in [0.2, 0.25) is 0 Å². The summed E-state index contributed by atoms with van der Waals surface area (Å²) in [7, 11) is -4.99. The normalized spacial score (nSPS) is 23.9. The number of carboxylic acid groups (broad SMARTS) is 1. The van der Waals surface area contributed by atoms with Crippen molar-refractivity contribution in [3.8, 4) is 0 Å². The summed E-state index contributed by atoms with van der Waals surface area (Å²) in [5, 5.41) is 16.6. The molecule has 4 rings (SSSR count). The van der Waals surface area contributed by atoms with Crippen LogP contribution >= 0.6 is 11.3 Å². The van der Waals surface area contributed by atoms with Gasteiger partial charge in [-0.25, -0.2) is 18.9 Å². The Morgan fingerprint density at radius 2 is 2.12 bits per heavy atom. The molecule has 0 spiro atoms. The molecule has 1 aromatic heterocycles. The number of cyclic esters (lactones) is 1. The number of oxime groups is 1. The molecule has 1 aliphatic carbocycles. The minimum atomic E-state index is -4.99. The summed E-state index contributed by atoms with van der Waals surface area (Å²) in [4.78, 5) is 58.6. The Morgan fingerprint density at radius 1 is 1.41 bits per heavy atom. The SMILES string of the molecule is Nc1nc(/C(=N/OC2(C(=O)O)CC2)C(=O)N[C@@H]2C(=O)N(S(=O)(=O)O)[C@H]2CN2CCOC2=O)cs1. The van der Waals surface area contributed by atoms with E-state index in [4.69, 9.17) is 15.3 Å². The Bertz CT molecular complexity index is 1190. The number of rotatable bonds is 9. The highest BCUT2D eigenvalue weighted by atomic mass is 32.2. The van der Waals surface area contributed by atoms with Gasteiger partial charge in [0.2, 0.25) is 5.60 Å². The maximum atomic E-state index is 13.0. The number of thiazole rings is 1. The molecule has 3 heterocycles. The Morgan fingerprint density at radius 3 is 2.62 bits per heavy atom. The van der Waals surface area contributed by atoms with Crippen molar-refractivity contribution < 1.29 is 46.8 Å². The minimum absolute atomic E-state index is 0.0487. The molecule has 34 heavy (non-hydrogen) atoms. The predicted octanol–water partition coefficient (Wildman–Crippen LogP) is -1.99. The third-order valence-corrected chi connectivity index (χ3v) is 6.96. The summed E-state index contributed by atoms with van der Waals surface area (Å²) < 4.78 is 37.6. The van der Waals surface area contributed by atoms with Crippen molar-refractivity contribution in [2.24, 2.45) is 5.16 Å². The Labute approximate surface area is 195 Å². The first-order chi connectivity index (χ1) is 15.9. The van der Waals surface area contributed by atoms with E-state index in [1.807, 2.05) is 0 Å².